The van der Waals surface area contributed by atoms with Crippen LogP contribution >= 0.6 is 0 Å². The van der Waals surface area contributed by atoms with Gasteiger partial charge in [0.1, 0.15) is 12.1 Å². The number of carbonyl (C=O) groups is 7. The van der Waals surface area contributed by atoms with Crippen molar-refractivity contribution in [1.29, 1.82) is 0 Å². The van der Waals surface area contributed by atoms with Crippen LogP contribution in [0.1, 0.15) is 42.4 Å². The van der Waals surface area contributed by atoms with Crippen molar-refractivity contribution in [2.24, 2.45) is 11.5 Å². The van der Waals surface area contributed by atoms with E-state index in [0.29, 0.717) is 0 Å². The number of carbonyl (C=O) groups excluding carboxylic acids is 4. The third-order valence-electron chi connectivity index (χ3n) is 6.25. The molecule has 0 spiro atoms. The molecule has 0 aromatic heterocycles. The van der Waals surface area contributed by atoms with Gasteiger partial charge in [0.2, 0.25) is 23.6 Å². The van der Waals surface area contributed by atoms with Gasteiger partial charge in [-0.2, -0.15) is 0 Å². The summed E-state index contributed by atoms with van der Waals surface area (Å²) < 4.78 is 0. The van der Waals surface area contributed by atoms with Crippen LogP contribution in [0.4, 0.5) is 0 Å². The fourth-order valence-corrected chi connectivity index (χ4v) is 3.92. The molecule has 0 unspecified atom stereocenters. The van der Waals surface area contributed by atoms with Gasteiger partial charge in [0.25, 0.3) is 0 Å². The normalized spacial score (nSPS) is 11.1. The first-order valence-corrected chi connectivity index (χ1v) is 14.7. The second kappa shape index (κ2) is 22.5. The van der Waals surface area contributed by atoms with E-state index in [0.717, 1.165) is 16.7 Å². The fourth-order valence-electron chi connectivity index (χ4n) is 3.92. The van der Waals surface area contributed by atoms with Crippen molar-refractivity contribution in [2.75, 3.05) is 0 Å². The summed E-state index contributed by atoms with van der Waals surface area (Å²) in [7, 11) is 0. The van der Waals surface area contributed by atoms with E-state index in [4.69, 9.17) is 26.8 Å². The number of hydrogen-bond donors (Lipinski definition) is 7. The largest absolute Gasteiger partial charge is 0.481 e. The highest BCUT2D eigenvalue weighted by Gasteiger charge is 2.21. The third kappa shape index (κ3) is 19.4. The number of primary amides is 2. The first-order valence-electron chi connectivity index (χ1n) is 14.7. The summed E-state index contributed by atoms with van der Waals surface area (Å²) in [4.78, 5) is 76.7. The van der Waals surface area contributed by atoms with Gasteiger partial charge in [-0.25, -0.2) is 4.79 Å². The van der Waals surface area contributed by atoms with Crippen molar-refractivity contribution < 1.29 is 48.9 Å². The maximum Gasteiger partial charge on any atom is 0.326 e. The molecule has 0 aliphatic carbocycles. The zero-order valence-electron chi connectivity index (χ0n) is 26.1. The first-order chi connectivity index (χ1) is 22.8. The molecule has 0 saturated heterocycles. The van der Waals surface area contributed by atoms with Crippen LogP contribution in [0.25, 0.3) is 0 Å². The van der Waals surface area contributed by atoms with Gasteiger partial charge in [0.15, 0.2) is 0 Å². The topological polar surface area (TPSA) is 256 Å². The van der Waals surface area contributed by atoms with Gasteiger partial charge < -0.3 is 37.4 Å². The molecule has 256 valence electrons. The van der Waals surface area contributed by atoms with Gasteiger partial charge in [-0.15, -0.1) is 0 Å². The molecule has 9 N–H and O–H groups in total. The summed E-state index contributed by atoms with van der Waals surface area (Å²) in [5.74, 6) is -5.09. The molecule has 3 aromatic rings. The number of amides is 4. The molecule has 14 nitrogen and oxygen atoms in total. The van der Waals surface area contributed by atoms with Crippen LogP contribution in [0.3, 0.4) is 0 Å². The highest BCUT2D eigenvalue weighted by molar-refractivity contribution is 5.88. The number of rotatable bonds is 16. The Morgan fingerprint density at radius 2 is 0.896 bits per heavy atom. The number of carboxylic acids is 3. The molecule has 0 aliphatic heterocycles. The summed E-state index contributed by atoms with van der Waals surface area (Å²) in [6.45, 7) is 0. The summed E-state index contributed by atoms with van der Waals surface area (Å²) >= 11 is 0. The second-order valence-corrected chi connectivity index (χ2v) is 10.3. The Labute approximate surface area is 277 Å². The molecule has 48 heavy (non-hydrogen) atoms. The number of hydrogen-bond acceptors (Lipinski definition) is 7. The molecular weight excluding hydrogens is 624 g/mol. The molecule has 2 atom stereocenters. The van der Waals surface area contributed by atoms with Gasteiger partial charge in [0.05, 0.1) is 19.3 Å². The smallest absolute Gasteiger partial charge is 0.326 e. The summed E-state index contributed by atoms with van der Waals surface area (Å²) in [6.07, 6.45) is 0.0118. The van der Waals surface area contributed by atoms with Gasteiger partial charge in [0, 0.05) is 12.8 Å². The quantitative estimate of drug-likeness (QED) is 0.116. The Kier molecular flexibility index (Phi) is 18.7. The molecule has 4 amide bonds. The molecule has 3 rings (SSSR count). The monoisotopic (exact) mass is 664 g/mol. The van der Waals surface area contributed by atoms with Crippen LogP contribution in [0.5, 0.6) is 0 Å². The molecule has 0 heterocycles. The van der Waals surface area contributed by atoms with E-state index >= 15 is 0 Å². The molecular formula is C34H40N4O10. The van der Waals surface area contributed by atoms with E-state index < -0.39 is 47.7 Å². The van der Waals surface area contributed by atoms with Gasteiger partial charge >= 0.3 is 17.9 Å². The van der Waals surface area contributed by atoms with Gasteiger partial charge in [-0.3, -0.25) is 28.8 Å². The predicted octanol–water partition coefficient (Wildman–Crippen LogP) is 1.44. The lowest BCUT2D eigenvalue weighted by Crippen LogP contribution is -2.45. The maximum atomic E-state index is 11.7. The lowest BCUT2D eigenvalue weighted by molar-refractivity contribution is -0.142. The minimum atomic E-state index is -1.18. The predicted molar refractivity (Wildman–Crippen MR) is 174 cm³/mol. The van der Waals surface area contributed by atoms with E-state index in [9.17, 15) is 33.6 Å². The molecule has 14 heteroatoms. The van der Waals surface area contributed by atoms with Crippen molar-refractivity contribution in [2.45, 2.75) is 57.0 Å². The van der Waals surface area contributed by atoms with E-state index in [1.165, 1.54) is 0 Å². The van der Waals surface area contributed by atoms with Crippen LogP contribution < -0.4 is 22.1 Å². The van der Waals surface area contributed by atoms with Gasteiger partial charge in [-0.1, -0.05) is 91.0 Å². The summed E-state index contributed by atoms with van der Waals surface area (Å²) in [5.41, 5.74) is 12.5. The Bertz CT molecular complexity index is 1400. The molecule has 0 saturated carbocycles. The van der Waals surface area contributed by atoms with E-state index in [1.54, 1.807) is 60.7 Å². The van der Waals surface area contributed by atoms with Crippen molar-refractivity contribution in [1.82, 2.24) is 10.6 Å². The zero-order valence-corrected chi connectivity index (χ0v) is 26.1. The minimum Gasteiger partial charge on any atom is -0.481 e. The van der Waals surface area contributed by atoms with Crippen LogP contribution in [-0.4, -0.2) is 68.9 Å². The van der Waals surface area contributed by atoms with Crippen molar-refractivity contribution in [3.8, 4) is 0 Å². The van der Waals surface area contributed by atoms with E-state index in [2.05, 4.69) is 10.6 Å². The van der Waals surface area contributed by atoms with Crippen molar-refractivity contribution >= 4 is 41.5 Å². The average Bonchev–Trinajstić information content (AvgIpc) is 3.02. The molecule has 0 fully saturated rings. The first kappa shape index (κ1) is 40.0. The number of benzene rings is 3. The van der Waals surface area contributed by atoms with Crippen LogP contribution in [0.15, 0.2) is 91.0 Å². The highest BCUT2D eigenvalue weighted by Crippen LogP contribution is 2.04. The number of nitrogens with two attached hydrogens (primary N) is 2. The molecule has 0 radical (unpaired) electrons. The van der Waals surface area contributed by atoms with Crippen LogP contribution in [0, 0.1) is 0 Å². The SMILES string of the molecule is NC(=O)CC[C@H](NC(=O)Cc1ccccc1)C(=O)O.NC(=O)[C@H](CCC(=O)O)NC(=O)Cc1ccccc1.O=C(O)Cc1ccccc1. The number of aliphatic carboxylic acids is 3. The Hall–Kier alpha value is -6.05. The van der Waals surface area contributed by atoms with Crippen LogP contribution in [-0.2, 0) is 52.8 Å². The van der Waals surface area contributed by atoms with E-state index in [1.807, 2.05) is 30.3 Å². The average molecular weight is 665 g/mol. The Balaban J connectivity index is 0.000000378. The zero-order chi connectivity index (χ0) is 35.9. The summed E-state index contributed by atoms with van der Waals surface area (Å²) in [6, 6.07) is 25.1. The highest BCUT2D eigenvalue weighted by atomic mass is 16.4. The number of nitrogens with one attached hydrogen (secondary N) is 2. The van der Waals surface area contributed by atoms with E-state index in [-0.39, 0.29) is 50.9 Å². The maximum absolute atomic E-state index is 11.7. The van der Waals surface area contributed by atoms with Crippen molar-refractivity contribution in [3.63, 3.8) is 0 Å². The molecule has 3 aromatic carbocycles. The fraction of sp³-hybridized carbons (Fsp3) is 0.265. The van der Waals surface area contributed by atoms with Gasteiger partial charge in [-0.05, 0) is 29.5 Å². The Morgan fingerprint density at radius 1 is 0.521 bits per heavy atom. The molecule has 0 aliphatic rings. The lowest BCUT2D eigenvalue weighted by Gasteiger charge is -2.14. The van der Waals surface area contributed by atoms with Crippen LogP contribution in [0.2, 0.25) is 0 Å². The van der Waals surface area contributed by atoms with Crippen molar-refractivity contribution in [3.05, 3.63) is 108 Å². The Morgan fingerprint density at radius 3 is 1.23 bits per heavy atom. The summed E-state index contributed by atoms with van der Waals surface area (Å²) in [5, 5.41) is 30.7. The number of carboxylic acid groups (broad SMARTS) is 3. The molecule has 0 bridgehead atoms. The standard InChI is InChI=1S/2C13H16N2O4.C8H8O2/c14-13(19)10(6-7-12(17)18)15-11(16)8-9-4-2-1-3-5-9;14-11(16)7-6-10(13(18)19)15-12(17)8-9-4-2-1-3-5-9;9-8(10)6-7-4-2-1-3-5-7/h1-5,10H,6-8H2,(H2,14,19)(H,15,16)(H,17,18);1-5,10H,6-8H2,(H2,14,16)(H,15,17)(H,18,19);1-5H,6H2,(H,9,10)/t2*10-;/m00./s1. The third-order valence-corrected chi connectivity index (χ3v) is 6.25. The lowest BCUT2D eigenvalue weighted by atomic mass is 10.1. The second-order valence-electron chi connectivity index (χ2n) is 10.3. The minimum absolute atomic E-state index is 0.00873.